The molecule has 2 heteroatoms. The first kappa shape index (κ1) is 39.2. The van der Waals surface area contributed by atoms with Crippen molar-refractivity contribution < 1.29 is 9.47 Å². The number of fused-ring (bicyclic) bond motifs is 2. The van der Waals surface area contributed by atoms with Crippen LogP contribution in [0, 0.1) is 29.6 Å². The summed E-state index contributed by atoms with van der Waals surface area (Å²) in [5, 5.41) is 4.98. The predicted molar refractivity (Wildman–Crippen MR) is 204 cm³/mol. The Morgan fingerprint density at radius 1 is 0.522 bits per heavy atom. The molecule has 0 unspecified atom stereocenters. The minimum Gasteiger partial charge on any atom is -0.493 e. The largest absolute Gasteiger partial charge is 0.493 e. The molecule has 0 atom stereocenters. The van der Waals surface area contributed by atoms with Crippen LogP contribution in [0.1, 0.15) is 114 Å². The SMILES string of the molecule is C.C.C.C.CCCC1CCC(CC2CCC(CC(COc3ccc4ccccc4c3)COc3ccc4ccccc4c3)CC2)CC1. The van der Waals surface area contributed by atoms with Crippen molar-refractivity contribution in [3.05, 3.63) is 84.9 Å². The van der Waals surface area contributed by atoms with Crippen LogP contribution in [0.25, 0.3) is 21.5 Å². The van der Waals surface area contributed by atoms with Crippen LogP contribution in [-0.2, 0) is 0 Å². The van der Waals surface area contributed by atoms with Gasteiger partial charge in [-0.2, -0.15) is 0 Å². The summed E-state index contributed by atoms with van der Waals surface area (Å²) in [7, 11) is 0. The van der Waals surface area contributed by atoms with Crippen molar-refractivity contribution in [2.75, 3.05) is 13.2 Å². The lowest BCUT2D eigenvalue weighted by atomic mass is 9.71. The molecule has 46 heavy (non-hydrogen) atoms. The van der Waals surface area contributed by atoms with Gasteiger partial charge in [0.05, 0.1) is 13.2 Å². The lowest BCUT2D eigenvalue weighted by Crippen LogP contribution is -2.26. The molecule has 0 amide bonds. The van der Waals surface area contributed by atoms with Crippen molar-refractivity contribution >= 4 is 21.5 Å². The molecule has 2 saturated carbocycles. The van der Waals surface area contributed by atoms with Crippen LogP contribution in [0.15, 0.2) is 84.9 Å². The Hall–Kier alpha value is -3.00. The van der Waals surface area contributed by atoms with Gasteiger partial charge in [0.2, 0.25) is 0 Å². The molecular weight excluding hydrogens is 560 g/mol. The fourth-order valence-corrected chi connectivity index (χ4v) is 7.94. The van der Waals surface area contributed by atoms with Crippen molar-refractivity contribution in [1.82, 2.24) is 0 Å². The highest BCUT2D eigenvalue weighted by molar-refractivity contribution is 5.84. The molecule has 0 heterocycles. The maximum absolute atomic E-state index is 6.44. The summed E-state index contributed by atoms with van der Waals surface area (Å²) in [5.74, 6) is 6.05. The van der Waals surface area contributed by atoms with E-state index in [1.54, 1.807) is 0 Å². The standard InChI is InChI=1S/C40H50O2.4CH4/c1-2-7-30-12-14-31(15-13-30)24-32-16-18-33(19-17-32)25-34(28-41-39-22-20-35-8-3-5-10-37(35)26-39)29-42-40-23-21-36-9-4-6-11-38(36)27-40;;;;/h3-6,8-11,20-23,26-27,30-34H,2,7,12-19,24-25,28-29H2,1H3;4*1H4. The zero-order valence-electron chi connectivity index (χ0n) is 25.7. The van der Waals surface area contributed by atoms with E-state index >= 15 is 0 Å². The number of benzene rings is 4. The number of hydrogen-bond acceptors (Lipinski definition) is 2. The van der Waals surface area contributed by atoms with Gasteiger partial charge in [0, 0.05) is 5.92 Å². The van der Waals surface area contributed by atoms with Gasteiger partial charge in [-0.3, -0.25) is 0 Å². The maximum atomic E-state index is 6.44. The number of hydrogen-bond donors (Lipinski definition) is 0. The first-order valence-electron chi connectivity index (χ1n) is 16.9. The van der Waals surface area contributed by atoms with Gasteiger partial charge >= 0.3 is 0 Å². The summed E-state index contributed by atoms with van der Waals surface area (Å²) in [6.45, 7) is 3.75. The predicted octanol–water partition coefficient (Wildman–Crippen LogP) is 13.8. The van der Waals surface area contributed by atoms with Gasteiger partial charge in [0.25, 0.3) is 0 Å². The zero-order valence-corrected chi connectivity index (χ0v) is 25.7. The van der Waals surface area contributed by atoms with E-state index in [0.717, 1.165) is 35.2 Å². The normalized spacial score (nSPS) is 20.9. The van der Waals surface area contributed by atoms with E-state index in [9.17, 15) is 0 Å². The van der Waals surface area contributed by atoms with Crippen LogP contribution in [0.5, 0.6) is 11.5 Å². The molecule has 0 N–H and O–H groups in total. The van der Waals surface area contributed by atoms with E-state index in [1.807, 2.05) is 0 Å². The summed E-state index contributed by atoms with van der Waals surface area (Å²) in [6, 6.07) is 30.0. The highest BCUT2D eigenvalue weighted by Crippen LogP contribution is 2.40. The molecule has 2 aliphatic rings. The van der Waals surface area contributed by atoms with E-state index in [2.05, 4.69) is 91.9 Å². The van der Waals surface area contributed by atoms with E-state index in [1.165, 1.54) is 98.6 Å². The molecule has 0 aliphatic heterocycles. The van der Waals surface area contributed by atoms with Crippen molar-refractivity contribution in [1.29, 1.82) is 0 Å². The topological polar surface area (TPSA) is 18.5 Å². The third-order valence-corrected chi connectivity index (χ3v) is 10.4. The number of rotatable bonds is 12. The van der Waals surface area contributed by atoms with Crippen LogP contribution in [0.4, 0.5) is 0 Å². The smallest absolute Gasteiger partial charge is 0.119 e. The maximum Gasteiger partial charge on any atom is 0.119 e. The second-order valence-electron chi connectivity index (χ2n) is 13.5. The van der Waals surface area contributed by atoms with E-state index in [4.69, 9.17) is 9.47 Å². The molecule has 0 spiro atoms. The average Bonchev–Trinajstić information content (AvgIpc) is 3.04. The molecule has 4 aromatic carbocycles. The molecule has 4 aromatic rings. The summed E-state index contributed by atoms with van der Waals surface area (Å²) < 4.78 is 12.9. The van der Waals surface area contributed by atoms with Crippen LogP contribution < -0.4 is 9.47 Å². The highest BCUT2D eigenvalue weighted by Gasteiger charge is 2.28. The second-order valence-corrected chi connectivity index (χ2v) is 13.5. The summed E-state index contributed by atoms with van der Waals surface area (Å²) in [4.78, 5) is 0. The Morgan fingerprint density at radius 3 is 1.39 bits per heavy atom. The Bertz CT molecular complexity index is 1310. The Labute approximate surface area is 283 Å². The monoisotopic (exact) mass is 627 g/mol. The molecule has 6 rings (SSSR count). The summed E-state index contributed by atoms with van der Waals surface area (Å²) in [5.41, 5.74) is 0. The lowest BCUT2D eigenvalue weighted by molar-refractivity contribution is 0.129. The Balaban J connectivity index is 0.00000184. The van der Waals surface area contributed by atoms with Crippen molar-refractivity contribution in [3.63, 3.8) is 0 Å². The van der Waals surface area contributed by atoms with Crippen molar-refractivity contribution in [3.8, 4) is 11.5 Å². The van der Waals surface area contributed by atoms with Gasteiger partial charge in [-0.15, -0.1) is 0 Å². The third kappa shape index (κ3) is 10.8. The first-order valence-corrected chi connectivity index (χ1v) is 16.9. The Morgan fingerprint density at radius 2 is 0.935 bits per heavy atom. The van der Waals surface area contributed by atoms with Crippen LogP contribution in [0.2, 0.25) is 0 Å². The van der Waals surface area contributed by atoms with Gasteiger partial charge in [0.15, 0.2) is 0 Å². The van der Waals surface area contributed by atoms with E-state index < -0.39 is 0 Å². The molecule has 2 aliphatic carbocycles. The minimum absolute atomic E-state index is 0. The molecular formula is C44H66O2. The van der Waals surface area contributed by atoms with Crippen molar-refractivity contribution in [2.45, 2.75) is 114 Å². The van der Waals surface area contributed by atoms with E-state index in [-0.39, 0.29) is 29.7 Å². The lowest BCUT2D eigenvalue weighted by Gasteiger charge is -2.35. The molecule has 2 fully saturated rings. The summed E-state index contributed by atoms with van der Waals surface area (Å²) >= 11 is 0. The first-order chi connectivity index (χ1) is 20.7. The van der Waals surface area contributed by atoms with Crippen LogP contribution in [0.3, 0.4) is 0 Å². The highest BCUT2D eigenvalue weighted by atomic mass is 16.5. The molecule has 2 nitrogen and oxygen atoms in total. The zero-order chi connectivity index (χ0) is 28.6. The molecule has 0 aromatic heterocycles. The van der Waals surface area contributed by atoms with Gasteiger partial charge in [-0.05, 0) is 82.3 Å². The Kier molecular flexibility index (Phi) is 16.7. The molecule has 0 saturated heterocycles. The van der Waals surface area contributed by atoms with Gasteiger partial charge in [-0.25, -0.2) is 0 Å². The minimum atomic E-state index is 0. The third-order valence-electron chi connectivity index (χ3n) is 10.4. The molecule has 0 bridgehead atoms. The van der Waals surface area contributed by atoms with Gasteiger partial charge in [-0.1, -0.05) is 162 Å². The average molecular weight is 627 g/mol. The van der Waals surface area contributed by atoms with E-state index in [0.29, 0.717) is 19.1 Å². The second kappa shape index (κ2) is 19.6. The fraction of sp³-hybridized carbons (Fsp3) is 0.545. The van der Waals surface area contributed by atoms with Crippen molar-refractivity contribution in [2.24, 2.45) is 29.6 Å². The number of ether oxygens (including phenoxy) is 2. The quantitative estimate of drug-likeness (QED) is 0.156. The van der Waals surface area contributed by atoms with Crippen LogP contribution >= 0.6 is 0 Å². The molecule has 254 valence electrons. The van der Waals surface area contributed by atoms with Gasteiger partial charge < -0.3 is 9.47 Å². The molecule has 0 radical (unpaired) electrons. The fourth-order valence-electron chi connectivity index (χ4n) is 7.94. The van der Waals surface area contributed by atoms with Crippen LogP contribution in [-0.4, -0.2) is 13.2 Å². The van der Waals surface area contributed by atoms with Gasteiger partial charge in [0.1, 0.15) is 11.5 Å². The summed E-state index contributed by atoms with van der Waals surface area (Å²) in [6.07, 6.45) is 17.0.